The third-order valence-corrected chi connectivity index (χ3v) is 5.80. The van der Waals surface area contributed by atoms with Crippen LogP contribution >= 0.6 is 11.6 Å². The van der Waals surface area contributed by atoms with E-state index in [1.165, 1.54) is 4.90 Å². The number of amides is 2. The third kappa shape index (κ3) is 3.22. The van der Waals surface area contributed by atoms with Crippen LogP contribution in [0.5, 0.6) is 0 Å². The number of nitrogens with one attached hydrogen (secondary N) is 1. The molecule has 3 atom stereocenters. The van der Waals surface area contributed by atoms with Crippen LogP contribution in [0.15, 0.2) is 54.6 Å². The molecule has 140 valence electrons. The highest BCUT2D eigenvalue weighted by atomic mass is 35.5. The van der Waals surface area contributed by atoms with E-state index in [0.29, 0.717) is 24.3 Å². The molecule has 0 unspecified atom stereocenters. The number of nitrogens with zero attached hydrogens (tertiary/aromatic N) is 1. The largest absolute Gasteiger partial charge is 0.370 e. The second-order valence-electron chi connectivity index (χ2n) is 7.23. The number of benzene rings is 2. The van der Waals surface area contributed by atoms with Crippen LogP contribution in [0, 0.1) is 5.92 Å². The Hall–Kier alpha value is -2.37. The molecule has 2 fully saturated rings. The molecular weight excluding hydrogens is 364 g/mol. The van der Waals surface area contributed by atoms with Crippen LogP contribution in [0.4, 0.5) is 4.79 Å². The smallest absolute Gasteiger partial charge is 0.320 e. The Morgan fingerprint density at radius 2 is 1.81 bits per heavy atom. The number of halogens is 1. The summed E-state index contributed by atoms with van der Waals surface area (Å²) >= 11 is 5.97. The number of carbonyl (C=O) groups is 2. The number of hydrogen-bond acceptors (Lipinski definition) is 3. The van der Waals surface area contributed by atoms with Crippen LogP contribution in [-0.2, 0) is 11.3 Å². The number of ketones is 1. The number of aliphatic hydroxyl groups is 1. The molecule has 1 aliphatic heterocycles. The van der Waals surface area contributed by atoms with E-state index in [1.54, 1.807) is 24.3 Å². The van der Waals surface area contributed by atoms with Crippen LogP contribution in [0.2, 0.25) is 5.02 Å². The van der Waals surface area contributed by atoms with Crippen LogP contribution in [0.1, 0.15) is 36.4 Å². The Balaban J connectivity index is 1.72. The van der Waals surface area contributed by atoms with Crippen LogP contribution in [0.25, 0.3) is 0 Å². The maximum atomic E-state index is 12.9. The number of Topliss-reactive ketones (excluding diaryl/α,β-unsaturated/α-hetero) is 1. The van der Waals surface area contributed by atoms with Crippen molar-refractivity contribution in [3.63, 3.8) is 0 Å². The normalized spacial score (nSPS) is 27.9. The molecule has 2 N–H and O–H groups in total. The topological polar surface area (TPSA) is 69.6 Å². The molecule has 2 aliphatic rings. The summed E-state index contributed by atoms with van der Waals surface area (Å²) in [6.07, 6.45) is 1.36. The van der Waals surface area contributed by atoms with Gasteiger partial charge in [-0.3, -0.25) is 9.69 Å². The van der Waals surface area contributed by atoms with Crippen molar-refractivity contribution >= 4 is 23.4 Å². The first-order valence-corrected chi connectivity index (χ1v) is 9.49. The van der Waals surface area contributed by atoms with Crippen LogP contribution < -0.4 is 5.32 Å². The van der Waals surface area contributed by atoms with E-state index in [0.717, 1.165) is 11.1 Å². The van der Waals surface area contributed by atoms with E-state index in [4.69, 9.17) is 11.6 Å². The summed E-state index contributed by atoms with van der Waals surface area (Å²) in [6.45, 7) is 0.250. The Kier molecular flexibility index (Phi) is 4.66. The molecule has 5 nitrogen and oxygen atoms in total. The summed E-state index contributed by atoms with van der Waals surface area (Å²) in [7, 11) is 0. The van der Waals surface area contributed by atoms with Gasteiger partial charge >= 0.3 is 6.03 Å². The molecule has 1 saturated heterocycles. The molecule has 0 bridgehead atoms. The fourth-order valence-electron chi connectivity index (χ4n) is 4.24. The van der Waals surface area contributed by atoms with E-state index in [1.807, 2.05) is 30.3 Å². The zero-order valence-corrected chi connectivity index (χ0v) is 15.5. The quantitative estimate of drug-likeness (QED) is 0.848. The van der Waals surface area contributed by atoms with Crippen molar-refractivity contribution in [3.05, 3.63) is 70.7 Å². The number of urea groups is 1. The average molecular weight is 385 g/mol. The minimum absolute atomic E-state index is 0.0261. The molecule has 1 heterocycles. The van der Waals surface area contributed by atoms with Gasteiger partial charge in [-0.25, -0.2) is 4.79 Å². The number of rotatable bonds is 3. The fraction of sp³-hybridized carbons (Fsp3) is 0.333. The first kappa shape index (κ1) is 18.0. The molecular formula is C21H21ClN2O3. The highest BCUT2D eigenvalue weighted by Crippen LogP contribution is 2.45. The van der Waals surface area contributed by atoms with Gasteiger partial charge in [0, 0.05) is 11.4 Å². The molecule has 2 aromatic rings. The lowest BCUT2D eigenvalue weighted by atomic mass is 9.71. The minimum Gasteiger partial charge on any atom is -0.370 e. The molecule has 2 aromatic carbocycles. The van der Waals surface area contributed by atoms with E-state index in [-0.39, 0.29) is 18.4 Å². The van der Waals surface area contributed by atoms with Gasteiger partial charge < -0.3 is 10.4 Å². The van der Waals surface area contributed by atoms with Crippen LogP contribution in [-0.4, -0.2) is 27.5 Å². The van der Waals surface area contributed by atoms with Gasteiger partial charge in [-0.1, -0.05) is 54.1 Å². The van der Waals surface area contributed by atoms with Crippen molar-refractivity contribution in [2.75, 3.05) is 0 Å². The minimum atomic E-state index is -1.50. The average Bonchev–Trinajstić information content (AvgIpc) is 2.66. The van der Waals surface area contributed by atoms with Gasteiger partial charge in [-0.2, -0.15) is 0 Å². The number of fused-ring (bicyclic) bond motifs is 1. The van der Waals surface area contributed by atoms with Gasteiger partial charge in [0.05, 0.1) is 18.5 Å². The second-order valence-corrected chi connectivity index (χ2v) is 7.66. The lowest BCUT2D eigenvalue weighted by molar-refractivity contribution is -0.180. The van der Waals surface area contributed by atoms with Gasteiger partial charge in [0.15, 0.2) is 5.72 Å². The van der Waals surface area contributed by atoms with Crippen molar-refractivity contribution in [1.82, 2.24) is 10.2 Å². The van der Waals surface area contributed by atoms with E-state index < -0.39 is 17.7 Å². The summed E-state index contributed by atoms with van der Waals surface area (Å²) in [4.78, 5) is 27.2. The first-order chi connectivity index (χ1) is 13.0. The van der Waals surface area contributed by atoms with Gasteiger partial charge in [-0.15, -0.1) is 0 Å². The van der Waals surface area contributed by atoms with E-state index in [2.05, 4.69) is 5.32 Å². The Morgan fingerprint density at radius 3 is 2.52 bits per heavy atom. The zero-order valence-electron chi connectivity index (χ0n) is 14.8. The SMILES string of the molecule is O=C1CCC[C@]2(O)[C@@H]1[C@H](c1ccc(Cl)cc1)NC(=O)N2Cc1ccccc1. The van der Waals surface area contributed by atoms with Gasteiger partial charge in [-0.05, 0) is 36.1 Å². The monoisotopic (exact) mass is 384 g/mol. The highest BCUT2D eigenvalue weighted by molar-refractivity contribution is 6.30. The Labute approximate surface area is 162 Å². The molecule has 0 spiro atoms. The third-order valence-electron chi connectivity index (χ3n) is 5.55. The second kappa shape index (κ2) is 6.98. The van der Waals surface area contributed by atoms with Crippen molar-refractivity contribution in [2.24, 2.45) is 5.92 Å². The standard InChI is InChI=1S/C21H21ClN2O3/c22-16-10-8-15(9-11-16)19-18-17(25)7-4-12-21(18,27)24(20(26)23-19)13-14-5-2-1-3-6-14/h1-3,5-6,8-11,18-19,27H,4,7,12-13H2,(H,23,26)/t18-,19-,21-/m0/s1. The summed E-state index contributed by atoms with van der Waals surface area (Å²) in [6, 6.07) is 15.6. The summed E-state index contributed by atoms with van der Waals surface area (Å²) in [5.74, 6) is -0.740. The van der Waals surface area contributed by atoms with Crippen LogP contribution in [0.3, 0.4) is 0 Å². The molecule has 4 rings (SSSR count). The molecule has 0 radical (unpaired) electrons. The lowest BCUT2D eigenvalue weighted by Crippen LogP contribution is -2.69. The van der Waals surface area contributed by atoms with Crippen molar-refractivity contribution in [2.45, 2.75) is 37.6 Å². The summed E-state index contributed by atoms with van der Waals surface area (Å²) in [5, 5.41) is 15.1. The van der Waals surface area contributed by atoms with E-state index >= 15 is 0 Å². The predicted octanol–water partition coefficient (Wildman–Crippen LogP) is 3.66. The fourth-order valence-corrected chi connectivity index (χ4v) is 4.36. The molecule has 0 aromatic heterocycles. The molecule has 1 aliphatic carbocycles. The maximum Gasteiger partial charge on any atom is 0.320 e. The summed E-state index contributed by atoms with van der Waals surface area (Å²) < 4.78 is 0. The molecule has 6 heteroatoms. The zero-order chi connectivity index (χ0) is 19.0. The first-order valence-electron chi connectivity index (χ1n) is 9.12. The van der Waals surface area contributed by atoms with Crippen molar-refractivity contribution in [3.8, 4) is 0 Å². The number of carbonyl (C=O) groups excluding carboxylic acids is 2. The van der Waals surface area contributed by atoms with Gasteiger partial charge in [0.25, 0.3) is 0 Å². The Morgan fingerprint density at radius 1 is 1.11 bits per heavy atom. The predicted molar refractivity (Wildman–Crippen MR) is 102 cm³/mol. The van der Waals surface area contributed by atoms with Gasteiger partial charge in [0.1, 0.15) is 5.78 Å². The van der Waals surface area contributed by atoms with Crippen molar-refractivity contribution in [1.29, 1.82) is 0 Å². The van der Waals surface area contributed by atoms with Gasteiger partial charge in [0.2, 0.25) is 0 Å². The maximum absolute atomic E-state index is 12.9. The van der Waals surface area contributed by atoms with E-state index in [9.17, 15) is 14.7 Å². The highest BCUT2D eigenvalue weighted by Gasteiger charge is 2.57. The van der Waals surface area contributed by atoms with Crippen molar-refractivity contribution < 1.29 is 14.7 Å². The lowest BCUT2D eigenvalue weighted by Gasteiger charge is -2.53. The molecule has 27 heavy (non-hydrogen) atoms. The molecule has 2 amide bonds. The Bertz CT molecular complexity index is 855. The number of hydrogen-bond donors (Lipinski definition) is 2. The molecule has 1 saturated carbocycles. The summed E-state index contributed by atoms with van der Waals surface area (Å²) in [5.41, 5.74) is 0.172.